The minimum Gasteiger partial charge on any atom is -0.339 e. The quantitative estimate of drug-likeness (QED) is 0.831. The normalized spacial score (nSPS) is 14.4. The predicted molar refractivity (Wildman–Crippen MR) is 106 cm³/mol. The minimum atomic E-state index is -0.292. The van der Waals surface area contributed by atoms with Crippen LogP contribution in [-0.2, 0) is 4.79 Å². The lowest BCUT2D eigenvalue weighted by molar-refractivity contribution is -0.131. The molecule has 148 valence electrons. The molecule has 2 aromatic rings. The summed E-state index contributed by atoms with van der Waals surface area (Å²) in [5.41, 5.74) is 7.31. The van der Waals surface area contributed by atoms with Crippen molar-refractivity contribution in [1.82, 2.24) is 9.80 Å². The summed E-state index contributed by atoms with van der Waals surface area (Å²) >= 11 is 0. The van der Waals surface area contributed by atoms with Crippen molar-refractivity contribution in [2.75, 3.05) is 32.7 Å². The van der Waals surface area contributed by atoms with Crippen molar-refractivity contribution in [2.24, 2.45) is 5.73 Å². The maximum Gasteiger partial charge on any atom is 0.236 e. The van der Waals surface area contributed by atoms with Crippen LogP contribution >= 0.6 is 24.8 Å². The molecule has 0 spiro atoms. The minimum absolute atomic E-state index is 0. The monoisotopic (exact) mass is 417 g/mol. The van der Waals surface area contributed by atoms with Gasteiger partial charge in [0.15, 0.2) is 0 Å². The van der Waals surface area contributed by atoms with Crippen LogP contribution in [0.1, 0.15) is 17.2 Å². The summed E-state index contributed by atoms with van der Waals surface area (Å²) in [6.07, 6.45) is 0. The zero-order chi connectivity index (χ0) is 17.8. The SMILES string of the molecule is Cl.Cl.NCC(=O)N1CCN(C(c2ccc(F)cc2)c2ccc(F)cc2)CC1. The molecule has 0 aliphatic carbocycles. The molecule has 0 atom stereocenters. The Hall–Kier alpha value is -1.73. The Morgan fingerprint density at radius 3 is 1.63 bits per heavy atom. The maximum absolute atomic E-state index is 13.3. The van der Waals surface area contributed by atoms with Crippen molar-refractivity contribution < 1.29 is 13.6 Å². The zero-order valence-corrected chi connectivity index (χ0v) is 16.3. The Bertz CT molecular complexity index is 675. The van der Waals surface area contributed by atoms with Crippen LogP contribution in [-0.4, -0.2) is 48.4 Å². The molecule has 8 heteroatoms. The van der Waals surface area contributed by atoms with Gasteiger partial charge in [0.05, 0.1) is 12.6 Å². The smallest absolute Gasteiger partial charge is 0.236 e. The fourth-order valence-electron chi connectivity index (χ4n) is 3.26. The first-order valence-electron chi connectivity index (χ1n) is 8.31. The number of rotatable bonds is 4. The number of hydrogen-bond donors (Lipinski definition) is 1. The molecule has 0 aromatic heterocycles. The van der Waals surface area contributed by atoms with E-state index in [0.29, 0.717) is 26.2 Å². The number of hydrogen-bond acceptors (Lipinski definition) is 3. The maximum atomic E-state index is 13.3. The average Bonchev–Trinajstić information content (AvgIpc) is 2.65. The molecule has 2 aromatic carbocycles. The van der Waals surface area contributed by atoms with Gasteiger partial charge in [-0.25, -0.2) is 8.78 Å². The topological polar surface area (TPSA) is 49.6 Å². The summed E-state index contributed by atoms with van der Waals surface area (Å²) in [4.78, 5) is 15.7. The molecule has 1 aliphatic rings. The Kier molecular flexibility index (Phi) is 9.12. The van der Waals surface area contributed by atoms with Gasteiger partial charge in [0.1, 0.15) is 11.6 Å². The van der Waals surface area contributed by atoms with Crippen LogP contribution in [0.5, 0.6) is 0 Å². The number of carbonyl (C=O) groups excluding carboxylic acids is 1. The molecular formula is C19H23Cl2F2N3O. The molecule has 1 aliphatic heterocycles. The lowest BCUT2D eigenvalue weighted by Gasteiger charge is -2.39. The highest BCUT2D eigenvalue weighted by molar-refractivity contribution is 5.85. The Balaban J connectivity index is 0.00000182. The Labute approximate surface area is 170 Å². The van der Waals surface area contributed by atoms with Crippen LogP contribution in [0, 0.1) is 11.6 Å². The van der Waals surface area contributed by atoms with E-state index in [4.69, 9.17) is 5.73 Å². The molecule has 1 heterocycles. The van der Waals surface area contributed by atoms with E-state index in [2.05, 4.69) is 4.90 Å². The second-order valence-electron chi connectivity index (χ2n) is 6.13. The van der Waals surface area contributed by atoms with Gasteiger partial charge >= 0.3 is 0 Å². The van der Waals surface area contributed by atoms with E-state index in [0.717, 1.165) is 11.1 Å². The molecule has 0 unspecified atom stereocenters. The lowest BCUT2D eigenvalue weighted by atomic mass is 9.96. The van der Waals surface area contributed by atoms with Gasteiger partial charge in [-0.05, 0) is 35.4 Å². The summed E-state index contributed by atoms with van der Waals surface area (Å²) in [5.74, 6) is -0.639. The van der Waals surface area contributed by atoms with Gasteiger partial charge in [0.2, 0.25) is 5.91 Å². The summed E-state index contributed by atoms with van der Waals surface area (Å²) in [6, 6.07) is 12.6. The summed E-state index contributed by atoms with van der Waals surface area (Å²) in [6.45, 7) is 2.54. The van der Waals surface area contributed by atoms with E-state index >= 15 is 0 Å². The summed E-state index contributed by atoms with van der Waals surface area (Å²) in [7, 11) is 0. The van der Waals surface area contributed by atoms with E-state index in [1.54, 1.807) is 29.2 Å². The standard InChI is InChI=1S/C19H21F2N3O.2ClH/c20-16-5-1-14(2-6-16)19(15-3-7-17(21)8-4-15)24-11-9-23(10-12-24)18(25)13-22;;/h1-8,19H,9-13,22H2;2*1H. The fourth-order valence-corrected chi connectivity index (χ4v) is 3.26. The van der Waals surface area contributed by atoms with Gasteiger partial charge in [-0.15, -0.1) is 24.8 Å². The highest BCUT2D eigenvalue weighted by Crippen LogP contribution is 2.30. The third-order valence-electron chi connectivity index (χ3n) is 4.58. The van der Waals surface area contributed by atoms with E-state index in [-0.39, 0.29) is 54.9 Å². The van der Waals surface area contributed by atoms with Crippen LogP contribution in [0.2, 0.25) is 0 Å². The molecule has 0 saturated carbocycles. The number of carbonyl (C=O) groups is 1. The third-order valence-corrected chi connectivity index (χ3v) is 4.58. The average molecular weight is 418 g/mol. The molecule has 3 rings (SSSR count). The summed E-state index contributed by atoms with van der Waals surface area (Å²) in [5, 5.41) is 0. The molecule has 1 amide bonds. The van der Waals surface area contributed by atoms with Gasteiger partial charge in [-0.3, -0.25) is 9.69 Å². The van der Waals surface area contributed by atoms with E-state index in [1.165, 1.54) is 24.3 Å². The lowest BCUT2D eigenvalue weighted by Crippen LogP contribution is -2.51. The van der Waals surface area contributed by atoms with Crippen LogP contribution in [0.15, 0.2) is 48.5 Å². The van der Waals surface area contributed by atoms with Gasteiger partial charge in [-0.2, -0.15) is 0 Å². The van der Waals surface area contributed by atoms with Gasteiger partial charge in [-0.1, -0.05) is 24.3 Å². The largest absolute Gasteiger partial charge is 0.339 e. The van der Waals surface area contributed by atoms with Crippen molar-refractivity contribution in [3.63, 3.8) is 0 Å². The zero-order valence-electron chi connectivity index (χ0n) is 14.7. The van der Waals surface area contributed by atoms with Crippen molar-refractivity contribution in [3.8, 4) is 0 Å². The number of piperazine rings is 1. The molecule has 4 nitrogen and oxygen atoms in total. The molecule has 0 radical (unpaired) electrons. The van der Waals surface area contributed by atoms with E-state index < -0.39 is 0 Å². The van der Waals surface area contributed by atoms with Crippen molar-refractivity contribution in [3.05, 3.63) is 71.3 Å². The van der Waals surface area contributed by atoms with E-state index in [9.17, 15) is 13.6 Å². The number of nitrogens with zero attached hydrogens (tertiary/aromatic N) is 2. The molecular weight excluding hydrogens is 395 g/mol. The van der Waals surface area contributed by atoms with Crippen molar-refractivity contribution in [1.29, 1.82) is 0 Å². The molecule has 1 saturated heterocycles. The first kappa shape index (κ1) is 23.3. The highest BCUT2D eigenvalue weighted by atomic mass is 35.5. The molecule has 0 bridgehead atoms. The van der Waals surface area contributed by atoms with Crippen LogP contribution in [0.25, 0.3) is 0 Å². The van der Waals surface area contributed by atoms with Crippen molar-refractivity contribution >= 4 is 30.7 Å². The number of benzene rings is 2. The van der Waals surface area contributed by atoms with Crippen LogP contribution in [0.3, 0.4) is 0 Å². The second-order valence-corrected chi connectivity index (χ2v) is 6.13. The number of amides is 1. The molecule has 27 heavy (non-hydrogen) atoms. The number of nitrogens with two attached hydrogens (primary N) is 1. The predicted octanol–water partition coefficient (Wildman–Crippen LogP) is 3.00. The first-order valence-corrected chi connectivity index (χ1v) is 8.31. The Morgan fingerprint density at radius 1 is 0.852 bits per heavy atom. The Morgan fingerprint density at radius 2 is 1.26 bits per heavy atom. The van der Waals surface area contributed by atoms with Gasteiger partial charge in [0.25, 0.3) is 0 Å². The third kappa shape index (κ3) is 5.62. The first-order chi connectivity index (χ1) is 12.1. The number of halogens is 4. The van der Waals surface area contributed by atoms with Gasteiger partial charge < -0.3 is 10.6 Å². The van der Waals surface area contributed by atoms with E-state index in [1.807, 2.05) is 0 Å². The van der Waals surface area contributed by atoms with Crippen molar-refractivity contribution in [2.45, 2.75) is 6.04 Å². The fraction of sp³-hybridized carbons (Fsp3) is 0.316. The molecule has 1 fully saturated rings. The van der Waals surface area contributed by atoms with Crippen LogP contribution < -0.4 is 5.73 Å². The van der Waals surface area contributed by atoms with Gasteiger partial charge in [0, 0.05) is 26.2 Å². The highest BCUT2D eigenvalue weighted by Gasteiger charge is 2.27. The second kappa shape index (κ2) is 10.6. The molecule has 2 N–H and O–H groups in total. The summed E-state index contributed by atoms with van der Waals surface area (Å²) < 4.78 is 26.6. The van der Waals surface area contributed by atoms with Crippen LogP contribution in [0.4, 0.5) is 8.78 Å².